The normalized spacial score (nSPS) is 26.0. The summed E-state index contributed by atoms with van der Waals surface area (Å²) in [6, 6.07) is 0.385. The van der Waals surface area contributed by atoms with Gasteiger partial charge in [-0.1, -0.05) is 34.1 Å². The second-order valence-corrected chi connectivity index (χ2v) is 6.30. The van der Waals surface area contributed by atoms with Gasteiger partial charge in [-0.2, -0.15) is 0 Å². The first-order valence-corrected chi connectivity index (χ1v) is 8.02. The van der Waals surface area contributed by atoms with Gasteiger partial charge in [0.15, 0.2) is 0 Å². The third-order valence-corrected chi connectivity index (χ3v) is 4.67. The van der Waals surface area contributed by atoms with Crippen LogP contribution in [0.1, 0.15) is 66.2 Å². The van der Waals surface area contributed by atoms with Crippen LogP contribution in [0.3, 0.4) is 0 Å². The molecule has 1 N–H and O–H groups in total. The summed E-state index contributed by atoms with van der Waals surface area (Å²) in [5.74, 6) is 1.70. The molecule has 3 atom stereocenters. The Hall–Kier alpha value is -0.0800. The van der Waals surface area contributed by atoms with E-state index in [1.165, 1.54) is 32.4 Å². The molecule has 0 aromatic rings. The van der Waals surface area contributed by atoms with Gasteiger partial charge in [0.05, 0.1) is 6.10 Å². The molecule has 18 heavy (non-hydrogen) atoms. The van der Waals surface area contributed by atoms with Crippen molar-refractivity contribution in [3.05, 3.63) is 0 Å². The molecule has 0 radical (unpaired) electrons. The smallest absolute Gasteiger partial charge is 0.0695 e. The number of rotatable bonds is 6. The lowest BCUT2D eigenvalue weighted by molar-refractivity contribution is 0.0414. The van der Waals surface area contributed by atoms with Crippen molar-refractivity contribution < 1.29 is 5.11 Å². The SMILES string of the molecule is CCCC(O)C(CC)N1CCCC(C(C)C)CC1. The fraction of sp³-hybridized carbons (Fsp3) is 1.00. The number of hydrogen-bond acceptors (Lipinski definition) is 2. The molecule has 0 aromatic carbocycles. The highest BCUT2D eigenvalue weighted by Crippen LogP contribution is 2.26. The number of aliphatic hydroxyl groups is 1. The predicted octanol–water partition coefficient (Wildman–Crippen LogP) is 3.68. The van der Waals surface area contributed by atoms with Crippen LogP contribution in [0, 0.1) is 11.8 Å². The number of nitrogens with zero attached hydrogens (tertiary/aromatic N) is 1. The van der Waals surface area contributed by atoms with Gasteiger partial charge in [0.2, 0.25) is 0 Å². The molecule has 3 unspecified atom stereocenters. The van der Waals surface area contributed by atoms with Gasteiger partial charge in [-0.25, -0.2) is 0 Å². The van der Waals surface area contributed by atoms with Gasteiger partial charge in [0.25, 0.3) is 0 Å². The van der Waals surface area contributed by atoms with E-state index in [0.717, 1.165) is 31.1 Å². The first-order valence-electron chi connectivity index (χ1n) is 8.02. The predicted molar refractivity (Wildman–Crippen MR) is 78.7 cm³/mol. The summed E-state index contributed by atoms with van der Waals surface area (Å²) in [6.45, 7) is 11.4. The van der Waals surface area contributed by atoms with Crippen molar-refractivity contribution in [3.8, 4) is 0 Å². The third-order valence-electron chi connectivity index (χ3n) is 4.67. The van der Waals surface area contributed by atoms with Crippen LogP contribution in [0.15, 0.2) is 0 Å². The lowest BCUT2D eigenvalue weighted by Crippen LogP contribution is -2.43. The average Bonchev–Trinajstić information content (AvgIpc) is 2.56. The van der Waals surface area contributed by atoms with E-state index >= 15 is 0 Å². The highest BCUT2D eigenvalue weighted by molar-refractivity contribution is 4.81. The van der Waals surface area contributed by atoms with Crippen LogP contribution >= 0.6 is 0 Å². The molecule has 108 valence electrons. The zero-order valence-electron chi connectivity index (χ0n) is 12.9. The molecule has 2 heteroatoms. The molecule has 1 aliphatic rings. The van der Waals surface area contributed by atoms with Crippen molar-refractivity contribution in [2.75, 3.05) is 13.1 Å². The second kappa shape index (κ2) is 8.16. The number of aliphatic hydroxyl groups excluding tert-OH is 1. The highest BCUT2D eigenvalue weighted by Gasteiger charge is 2.27. The summed E-state index contributed by atoms with van der Waals surface area (Å²) in [4.78, 5) is 2.56. The largest absolute Gasteiger partial charge is 0.391 e. The van der Waals surface area contributed by atoms with E-state index in [1.54, 1.807) is 0 Å². The lowest BCUT2D eigenvalue weighted by Gasteiger charge is -2.33. The first-order chi connectivity index (χ1) is 8.60. The Kier molecular flexibility index (Phi) is 7.25. The lowest BCUT2D eigenvalue weighted by atomic mass is 9.89. The van der Waals surface area contributed by atoms with Crippen molar-refractivity contribution in [3.63, 3.8) is 0 Å². The van der Waals surface area contributed by atoms with Crippen molar-refractivity contribution >= 4 is 0 Å². The quantitative estimate of drug-likeness (QED) is 0.782. The summed E-state index contributed by atoms with van der Waals surface area (Å²) < 4.78 is 0. The van der Waals surface area contributed by atoms with Gasteiger partial charge < -0.3 is 5.11 Å². The van der Waals surface area contributed by atoms with Gasteiger partial charge in [-0.3, -0.25) is 4.90 Å². The van der Waals surface area contributed by atoms with Crippen molar-refractivity contribution in [2.45, 2.75) is 78.4 Å². The van der Waals surface area contributed by atoms with Gasteiger partial charge >= 0.3 is 0 Å². The molecule has 0 amide bonds. The Morgan fingerprint density at radius 3 is 2.44 bits per heavy atom. The van der Waals surface area contributed by atoms with Crippen molar-refractivity contribution in [1.82, 2.24) is 4.90 Å². The van der Waals surface area contributed by atoms with Crippen LogP contribution in [-0.4, -0.2) is 35.2 Å². The van der Waals surface area contributed by atoms with Crippen LogP contribution < -0.4 is 0 Å². The number of likely N-dealkylation sites (tertiary alicyclic amines) is 1. The Morgan fingerprint density at radius 2 is 1.89 bits per heavy atom. The van der Waals surface area contributed by atoms with Gasteiger partial charge in [0.1, 0.15) is 0 Å². The second-order valence-electron chi connectivity index (χ2n) is 6.30. The van der Waals surface area contributed by atoms with E-state index in [2.05, 4.69) is 32.6 Å². The number of hydrogen-bond donors (Lipinski definition) is 1. The molecule has 1 aliphatic heterocycles. The van der Waals surface area contributed by atoms with E-state index in [9.17, 15) is 5.11 Å². The average molecular weight is 255 g/mol. The Bertz CT molecular complexity index is 217. The molecular weight excluding hydrogens is 222 g/mol. The summed E-state index contributed by atoms with van der Waals surface area (Å²) in [5, 5.41) is 10.3. The maximum absolute atomic E-state index is 10.3. The minimum Gasteiger partial charge on any atom is -0.391 e. The molecule has 1 rings (SSSR count). The Balaban J connectivity index is 2.54. The van der Waals surface area contributed by atoms with Crippen LogP contribution in [0.5, 0.6) is 0 Å². The molecule has 0 saturated carbocycles. The van der Waals surface area contributed by atoms with Crippen LogP contribution in [0.4, 0.5) is 0 Å². The summed E-state index contributed by atoms with van der Waals surface area (Å²) in [5.41, 5.74) is 0. The third kappa shape index (κ3) is 4.55. The minimum atomic E-state index is -0.129. The van der Waals surface area contributed by atoms with Crippen molar-refractivity contribution in [2.24, 2.45) is 11.8 Å². The first kappa shape index (κ1) is 16.0. The van der Waals surface area contributed by atoms with E-state index in [1.807, 2.05) is 0 Å². The van der Waals surface area contributed by atoms with Crippen LogP contribution in [0.2, 0.25) is 0 Å². The molecule has 1 saturated heterocycles. The van der Waals surface area contributed by atoms with E-state index in [0.29, 0.717) is 6.04 Å². The van der Waals surface area contributed by atoms with Crippen LogP contribution in [-0.2, 0) is 0 Å². The summed E-state index contributed by atoms with van der Waals surface area (Å²) in [7, 11) is 0. The summed E-state index contributed by atoms with van der Waals surface area (Å²) >= 11 is 0. The Labute approximate surface area is 114 Å². The zero-order chi connectivity index (χ0) is 13.5. The minimum absolute atomic E-state index is 0.129. The molecule has 0 bridgehead atoms. The topological polar surface area (TPSA) is 23.5 Å². The highest BCUT2D eigenvalue weighted by atomic mass is 16.3. The molecule has 2 nitrogen and oxygen atoms in total. The molecule has 1 fully saturated rings. The van der Waals surface area contributed by atoms with E-state index in [4.69, 9.17) is 0 Å². The van der Waals surface area contributed by atoms with Gasteiger partial charge in [-0.15, -0.1) is 0 Å². The van der Waals surface area contributed by atoms with Gasteiger partial charge in [0, 0.05) is 6.04 Å². The molecular formula is C16H33NO. The molecule has 0 aliphatic carbocycles. The van der Waals surface area contributed by atoms with Crippen molar-refractivity contribution in [1.29, 1.82) is 0 Å². The molecule has 1 heterocycles. The standard InChI is InChI=1S/C16H33NO/c1-5-8-16(18)15(6-2)17-11-7-9-14(10-12-17)13(3)4/h13-16,18H,5-12H2,1-4H3. The van der Waals surface area contributed by atoms with E-state index < -0.39 is 0 Å². The monoisotopic (exact) mass is 255 g/mol. The molecule has 0 spiro atoms. The fourth-order valence-electron chi connectivity index (χ4n) is 3.40. The summed E-state index contributed by atoms with van der Waals surface area (Å²) in [6.07, 6.45) is 6.96. The fourth-order valence-corrected chi connectivity index (χ4v) is 3.40. The Morgan fingerprint density at radius 1 is 1.17 bits per heavy atom. The van der Waals surface area contributed by atoms with Crippen LogP contribution in [0.25, 0.3) is 0 Å². The molecule has 0 aromatic heterocycles. The van der Waals surface area contributed by atoms with Gasteiger partial charge in [-0.05, 0) is 57.0 Å². The maximum atomic E-state index is 10.3. The maximum Gasteiger partial charge on any atom is 0.0695 e. The zero-order valence-corrected chi connectivity index (χ0v) is 12.9. The van der Waals surface area contributed by atoms with E-state index in [-0.39, 0.29) is 6.10 Å².